The lowest BCUT2D eigenvalue weighted by Crippen LogP contribution is -2.20. The van der Waals surface area contributed by atoms with E-state index in [0.29, 0.717) is 0 Å². The van der Waals surface area contributed by atoms with Gasteiger partial charge in [-0.15, -0.1) is 0 Å². The van der Waals surface area contributed by atoms with Gasteiger partial charge in [0, 0.05) is 43.4 Å². The summed E-state index contributed by atoms with van der Waals surface area (Å²) in [6.45, 7) is 0. The van der Waals surface area contributed by atoms with Crippen molar-refractivity contribution in [3.63, 3.8) is 0 Å². The molecule has 2 saturated carbocycles. The third kappa shape index (κ3) is 6.14. The van der Waals surface area contributed by atoms with Crippen molar-refractivity contribution < 1.29 is 17.6 Å². The molecule has 0 saturated heterocycles. The first-order valence-corrected chi connectivity index (χ1v) is 26.0. The molecule has 72 heavy (non-hydrogen) atoms. The Morgan fingerprint density at radius 2 is 0.736 bits per heavy atom. The van der Waals surface area contributed by atoms with Crippen LogP contribution in [0.1, 0.15) is 87.2 Å². The molecule has 0 bridgehead atoms. The minimum atomic E-state index is -0.280. The van der Waals surface area contributed by atoms with Crippen molar-refractivity contribution in [1.29, 1.82) is 0 Å². The Morgan fingerprint density at radius 3 is 1.18 bits per heavy atom. The van der Waals surface area contributed by atoms with Crippen LogP contribution in [0.4, 0.5) is 8.78 Å². The van der Waals surface area contributed by atoms with Gasteiger partial charge in [-0.2, -0.15) is 0 Å². The van der Waals surface area contributed by atoms with Gasteiger partial charge in [0.15, 0.2) is 0 Å². The normalized spacial score (nSPS) is 15.2. The maximum absolute atomic E-state index is 15.7. The molecule has 15 rings (SSSR count). The molecule has 2 aliphatic carbocycles. The highest BCUT2D eigenvalue weighted by atomic mass is 19.1. The molecule has 0 spiro atoms. The second-order valence-corrected chi connectivity index (χ2v) is 20.5. The number of fused-ring (bicyclic) bond motifs is 14. The molecule has 0 N–H and O–H groups in total. The van der Waals surface area contributed by atoms with Gasteiger partial charge >= 0.3 is 0 Å². The summed E-state index contributed by atoms with van der Waals surface area (Å²) in [5.41, 5.74) is 16.6. The number of hydrogen-bond donors (Lipinski definition) is 0. The Bertz CT molecular complexity index is 4220. The molecule has 4 nitrogen and oxygen atoms in total. The molecule has 0 aliphatic heterocycles. The van der Waals surface area contributed by atoms with E-state index in [2.05, 4.69) is 124 Å². The van der Waals surface area contributed by atoms with Gasteiger partial charge in [-0.3, -0.25) is 0 Å². The Hall–Kier alpha value is -7.96. The third-order valence-electron chi connectivity index (χ3n) is 16.6. The van der Waals surface area contributed by atoms with Gasteiger partial charge in [0.1, 0.15) is 34.0 Å². The molecule has 0 unspecified atom stereocenters. The zero-order valence-electron chi connectivity index (χ0n) is 39.9. The minimum absolute atomic E-state index is 0.163. The van der Waals surface area contributed by atoms with Crippen LogP contribution >= 0.6 is 0 Å². The van der Waals surface area contributed by atoms with Crippen molar-refractivity contribution in [1.82, 2.24) is 9.13 Å². The summed E-state index contributed by atoms with van der Waals surface area (Å²) in [5.74, 6) is -0.233. The zero-order chi connectivity index (χ0) is 47.6. The molecule has 4 heterocycles. The summed E-state index contributed by atoms with van der Waals surface area (Å²) in [4.78, 5) is 0. The van der Waals surface area contributed by atoms with Crippen LogP contribution in [0.3, 0.4) is 0 Å². The quantitative estimate of drug-likeness (QED) is 0.167. The summed E-state index contributed by atoms with van der Waals surface area (Å²) >= 11 is 0. The van der Waals surface area contributed by atoms with E-state index >= 15 is 8.78 Å². The molecule has 13 aromatic rings. The predicted octanol–water partition coefficient (Wildman–Crippen LogP) is 19.4. The van der Waals surface area contributed by atoms with Crippen LogP contribution in [-0.4, -0.2) is 9.13 Å². The Morgan fingerprint density at radius 1 is 0.347 bits per heavy atom. The van der Waals surface area contributed by atoms with Crippen LogP contribution in [0.25, 0.3) is 121 Å². The molecule has 350 valence electrons. The van der Waals surface area contributed by atoms with Crippen LogP contribution in [0.15, 0.2) is 179 Å². The van der Waals surface area contributed by atoms with Gasteiger partial charge < -0.3 is 18.0 Å². The van der Waals surface area contributed by atoms with Crippen LogP contribution < -0.4 is 0 Å². The monoisotopic (exact) mass is 940 g/mol. The first-order valence-electron chi connectivity index (χ1n) is 26.0. The highest BCUT2D eigenvalue weighted by Gasteiger charge is 2.38. The maximum Gasteiger partial charge on any atom is 0.137 e. The van der Waals surface area contributed by atoms with Gasteiger partial charge in [-0.1, -0.05) is 136 Å². The Balaban J connectivity index is 1.26. The van der Waals surface area contributed by atoms with Crippen LogP contribution in [0.2, 0.25) is 0 Å². The second-order valence-electron chi connectivity index (χ2n) is 20.5. The van der Waals surface area contributed by atoms with Gasteiger partial charge in [0.05, 0.1) is 44.2 Å². The van der Waals surface area contributed by atoms with E-state index in [0.717, 1.165) is 156 Å². The van der Waals surface area contributed by atoms with Crippen molar-refractivity contribution >= 4 is 87.5 Å². The highest BCUT2D eigenvalue weighted by molar-refractivity contribution is 6.26. The van der Waals surface area contributed by atoms with E-state index in [-0.39, 0.29) is 23.5 Å². The summed E-state index contributed by atoms with van der Waals surface area (Å²) in [5, 5.41) is 8.87. The first-order chi connectivity index (χ1) is 35.6. The van der Waals surface area contributed by atoms with Crippen molar-refractivity contribution in [2.45, 2.75) is 76.0 Å². The summed E-state index contributed by atoms with van der Waals surface area (Å²) in [6, 6.07) is 57.8. The molecular weight excluding hydrogens is 891 g/mol. The fraction of sp³-hybridized carbons (Fsp3) is 0.182. The number of rotatable bonds is 6. The number of furan rings is 2. The number of benzene rings is 9. The largest absolute Gasteiger partial charge is 0.456 e. The average molecular weight is 941 g/mol. The minimum Gasteiger partial charge on any atom is -0.456 e. The molecular formula is C66H50F2N2O2. The van der Waals surface area contributed by atoms with Crippen molar-refractivity contribution in [3.05, 3.63) is 193 Å². The highest BCUT2D eigenvalue weighted by Crippen LogP contribution is 2.57. The Kier molecular flexibility index (Phi) is 9.46. The zero-order valence-corrected chi connectivity index (χ0v) is 39.9. The maximum atomic E-state index is 15.7. The van der Waals surface area contributed by atoms with E-state index in [4.69, 9.17) is 8.83 Å². The summed E-state index contributed by atoms with van der Waals surface area (Å²) < 4.78 is 50.0. The van der Waals surface area contributed by atoms with Crippen molar-refractivity contribution in [3.8, 4) is 33.6 Å². The Labute approximate surface area is 414 Å². The van der Waals surface area contributed by atoms with E-state index in [1.165, 1.54) is 40.4 Å². The van der Waals surface area contributed by atoms with Crippen LogP contribution in [-0.2, 0) is 0 Å². The average Bonchev–Trinajstić information content (AvgIpc) is 4.19. The molecule has 0 atom stereocenters. The van der Waals surface area contributed by atoms with E-state index in [1.807, 2.05) is 30.3 Å². The van der Waals surface area contributed by atoms with E-state index in [1.54, 1.807) is 24.3 Å². The molecule has 0 radical (unpaired) electrons. The summed E-state index contributed by atoms with van der Waals surface area (Å²) in [6.07, 6.45) is 10.9. The smallest absolute Gasteiger partial charge is 0.137 e. The lowest BCUT2D eigenvalue weighted by Gasteiger charge is -2.37. The standard InChI is InChI=1S/C66H50F2N2O2/c67-43-31-27-41(28-32-43)59-57(39-15-3-1-4-16-39)65(69-51-23-11-7-19-45(51)47-35-37-55-61(63(47)69)49-21-9-13-25-53(49)71-55)58(40-17-5-2-6-18-40)60(42-29-33-44(68)34-30-42)66(59)70-52-24-12-8-20-46(52)48-36-38-56-62(64(48)70)50-22-10-14-26-54(50)72-56/h7-14,19-40H,1-6,15-18H2. The molecule has 2 aliphatic rings. The fourth-order valence-electron chi connectivity index (χ4n) is 13.6. The topological polar surface area (TPSA) is 36.1 Å². The van der Waals surface area contributed by atoms with Crippen molar-refractivity contribution in [2.75, 3.05) is 0 Å². The molecule has 6 heteroatoms. The first kappa shape index (κ1) is 41.8. The number of nitrogens with zero attached hydrogens (tertiary/aromatic N) is 2. The van der Waals surface area contributed by atoms with Gasteiger partial charge in [0.2, 0.25) is 0 Å². The lowest BCUT2D eigenvalue weighted by molar-refractivity contribution is 0.435. The van der Waals surface area contributed by atoms with Gasteiger partial charge in [-0.25, -0.2) is 8.78 Å². The van der Waals surface area contributed by atoms with Crippen LogP contribution in [0, 0.1) is 11.6 Å². The summed E-state index contributed by atoms with van der Waals surface area (Å²) in [7, 11) is 0. The van der Waals surface area contributed by atoms with Gasteiger partial charge in [0.25, 0.3) is 0 Å². The molecule has 2 fully saturated rings. The fourth-order valence-corrected chi connectivity index (χ4v) is 13.6. The second kappa shape index (κ2) is 16.3. The third-order valence-corrected chi connectivity index (χ3v) is 16.6. The number of para-hydroxylation sites is 4. The predicted molar refractivity (Wildman–Crippen MR) is 292 cm³/mol. The number of hydrogen-bond acceptors (Lipinski definition) is 2. The van der Waals surface area contributed by atoms with E-state index < -0.39 is 0 Å². The van der Waals surface area contributed by atoms with Crippen LogP contribution in [0.5, 0.6) is 0 Å². The van der Waals surface area contributed by atoms with Gasteiger partial charge in [-0.05, 0) is 133 Å². The molecule has 9 aromatic carbocycles. The van der Waals surface area contributed by atoms with Crippen molar-refractivity contribution in [2.24, 2.45) is 0 Å². The number of aromatic nitrogens is 2. The number of halogens is 2. The van der Waals surface area contributed by atoms with E-state index in [9.17, 15) is 0 Å². The SMILES string of the molecule is Fc1ccc(-c2c(C3CCCCC3)c(-n3c4ccccc4c4ccc5oc6ccccc6c5c43)c(C3CCCCC3)c(-c3ccc(F)cc3)c2-n2c3ccccc3c3ccc4oc5ccccc5c4c32)cc1. The lowest BCUT2D eigenvalue weighted by atomic mass is 9.72. The molecule has 0 amide bonds. The molecule has 4 aromatic heterocycles.